The molecule has 3 aliphatic rings. The van der Waals surface area contributed by atoms with Crippen LogP contribution in [0.5, 0.6) is 0 Å². The van der Waals surface area contributed by atoms with Crippen LogP contribution >= 0.6 is 0 Å². The largest absolute Gasteiger partial charge is 0.329 e. The number of nitrogens with one attached hydrogen (secondary N) is 2. The van der Waals surface area contributed by atoms with E-state index in [1.54, 1.807) is 24.3 Å². The maximum atomic E-state index is 13.8. The average molecular weight is 375 g/mol. The second-order valence-corrected chi connectivity index (χ2v) is 7.19. The van der Waals surface area contributed by atoms with Gasteiger partial charge in [-0.25, -0.2) is 13.6 Å². The molecule has 28 heavy (non-hydrogen) atoms. The van der Waals surface area contributed by atoms with E-state index in [0.717, 1.165) is 39.1 Å². The standard InChI is InChI=1S/C23H17F2N2O/c24-16-4-6-18-14(11-16)2-3-15-12-17(25)5-7-19(15)20(18)9-13-1-8-21-22(10-13)27-23(28)26-21/h1,4-12,22H,2-3H2,(H2,26,27,28). The third-order valence-corrected chi connectivity index (χ3v) is 5.38. The first-order chi connectivity index (χ1) is 13.6. The Hall–Kier alpha value is -3.21. The Morgan fingerprint density at radius 2 is 1.57 bits per heavy atom. The highest BCUT2D eigenvalue weighted by atomic mass is 19.1. The lowest BCUT2D eigenvalue weighted by atomic mass is 9.89. The molecule has 2 N–H and O–H groups in total. The molecule has 2 aromatic carbocycles. The van der Waals surface area contributed by atoms with E-state index in [-0.39, 0.29) is 23.7 Å². The highest BCUT2D eigenvalue weighted by Gasteiger charge is 2.29. The summed E-state index contributed by atoms with van der Waals surface area (Å²) >= 11 is 0. The molecule has 139 valence electrons. The molecule has 1 saturated heterocycles. The number of fused-ring (bicyclic) bond motifs is 3. The number of urea groups is 1. The Labute approximate surface area is 161 Å². The average Bonchev–Trinajstić information content (AvgIpc) is 2.97. The monoisotopic (exact) mass is 375 g/mol. The molecule has 2 aliphatic carbocycles. The summed E-state index contributed by atoms with van der Waals surface area (Å²) in [4.78, 5) is 11.6. The van der Waals surface area contributed by atoms with Crippen molar-refractivity contribution >= 4 is 11.6 Å². The Kier molecular flexibility index (Phi) is 3.90. The van der Waals surface area contributed by atoms with E-state index in [2.05, 4.69) is 10.6 Å². The smallest absolute Gasteiger partial charge is 0.319 e. The first-order valence-corrected chi connectivity index (χ1v) is 9.20. The molecular formula is C23H17F2N2O. The summed E-state index contributed by atoms with van der Waals surface area (Å²) in [5.41, 5.74) is 6.39. The molecule has 5 heteroatoms. The Morgan fingerprint density at radius 3 is 2.21 bits per heavy atom. The van der Waals surface area contributed by atoms with Gasteiger partial charge in [0.05, 0.1) is 6.04 Å². The van der Waals surface area contributed by atoms with Gasteiger partial charge in [0, 0.05) is 12.1 Å². The molecule has 0 spiro atoms. The second kappa shape index (κ2) is 6.44. The highest BCUT2D eigenvalue weighted by Crippen LogP contribution is 2.36. The zero-order chi connectivity index (χ0) is 19.3. The van der Waals surface area contributed by atoms with Crippen LogP contribution in [0.15, 0.2) is 65.9 Å². The maximum absolute atomic E-state index is 13.8. The van der Waals surface area contributed by atoms with Crippen molar-refractivity contribution in [2.75, 3.05) is 0 Å². The first-order valence-electron chi connectivity index (χ1n) is 9.20. The van der Waals surface area contributed by atoms with E-state index in [1.807, 2.05) is 24.6 Å². The van der Waals surface area contributed by atoms with Crippen LogP contribution in [0.2, 0.25) is 0 Å². The van der Waals surface area contributed by atoms with Crippen molar-refractivity contribution in [2.45, 2.75) is 18.9 Å². The van der Waals surface area contributed by atoms with Gasteiger partial charge in [0.2, 0.25) is 0 Å². The van der Waals surface area contributed by atoms with Crippen molar-refractivity contribution < 1.29 is 13.6 Å². The number of rotatable bonds is 1. The number of amides is 2. The number of carbonyl (C=O) groups is 1. The van der Waals surface area contributed by atoms with Crippen molar-refractivity contribution in [2.24, 2.45) is 0 Å². The first kappa shape index (κ1) is 16.9. The fourth-order valence-corrected chi connectivity index (χ4v) is 4.07. The summed E-state index contributed by atoms with van der Waals surface area (Å²) in [5.74, 6) is -0.544. The predicted molar refractivity (Wildman–Crippen MR) is 103 cm³/mol. The predicted octanol–water partition coefficient (Wildman–Crippen LogP) is 4.20. The third-order valence-electron chi connectivity index (χ3n) is 5.38. The van der Waals surface area contributed by atoms with E-state index in [1.165, 1.54) is 12.1 Å². The van der Waals surface area contributed by atoms with Gasteiger partial charge in [0.1, 0.15) is 11.6 Å². The van der Waals surface area contributed by atoms with Crippen molar-refractivity contribution in [3.8, 4) is 0 Å². The second-order valence-electron chi connectivity index (χ2n) is 7.19. The van der Waals surface area contributed by atoms with Crippen molar-refractivity contribution in [3.63, 3.8) is 0 Å². The van der Waals surface area contributed by atoms with Crippen molar-refractivity contribution in [3.05, 3.63) is 106 Å². The molecule has 1 fully saturated rings. The van der Waals surface area contributed by atoms with Crippen LogP contribution in [-0.4, -0.2) is 12.1 Å². The SMILES string of the molecule is O=C1NC2=CC=C(C=C3c4ccc(F)cc4CCc4cc(F)ccc43)[CH]C2N1. The lowest BCUT2D eigenvalue weighted by Crippen LogP contribution is -2.27. The van der Waals surface area contributed by atoms with Crippen LogP contribution in [0.25, 0.3) is 5.57 Å². The van der Waals surface area contributed by atoms with Gasteiger partial charge < -0.3 is 10.6 Å². The summed E-state index contributed by atoms with van der Waals surface area (Å²) in [5, 5.41) is 5.61. The third kappa shape index (κ3) is 2.93. The quantitative estimate of drug-likeness (QED) is 0.771. The summed E-state index contributed by atoms with van der Waals surface area (Å²) in [7, 11) is 0. The minimum Gasteiger partial charge on any atom is -0.329 e. The molecule has 1 atom stereocenters. The molecular weight excluding hydrogens is 358 g/mol. The molecule has 2 aromatic rings. The zero-order valence-electron chi connectivity index (χ0n) is 14.9. The van der Waals surface area contributed by atoms with E-state index >= 15 is 0 Å². The molecule has 1 unspecified atom stereocenters. The minimum absolute atomic E-state index is 0.185. The molecule has 1 heterocycles. The fourth-order valence-electron chi connectivity index (χ4n) is 4.07. The number of allylic oxidation sites excluding steroid dienone is 3. The van der Waals surface area contributed by atoms with E-state index in [9.17, 15) is 13.6 Å². The summed E-state index contributed by atoms with van der Waals surface area (Å²) in [6, 6.07) is 9.21. The minimum atomic E-state index is -0.272. The van der Waals surface area contributed by atoms with E-state index in [0.29, 0.717) is 12.8 Å². The molecule has 1 radical (unpaired) electrons. The molecule has 2 amide bonds. The molecule has 5 rings (SSSR count). The van der Waals surface area contributed by atoms with Crippen molar-refractivity contribution in [1.29, 1.82) is 0 Å². The van der Waals surface area contributed by atoms with Crippen molar-refractivity contribution in [1.82, 2.24) is 10.6 Å². The number of halogens is 2. The number of benzene rings is 2. The van der Waals surface area contributed by atoms with Gasteiger partial charge in [-0.1, -0.05) is 24.3 Å². The summed E-state index contributed by atoms with van der Waals surface area (Å²) < 4.78 is 27.7. The molecule has 3 nitrogen and oxygen atoms in total. The zero-order valence-corrected chi connectivity index (χ0v) is 14.9. The molecule has 0 bridgehead atoms. The highest BCUT2D eigenvalue weighted by molar-refractivity contribution is 5.86. The van der Waals surface area contributed by atoms with Gasteiger partial charge in [-0.2, -0.15) is 0 Å². The fraction of sp³-hybridized carbons (Fsp3) is 0.130. The van der Waals surface area contributed by atoms with Gasteiger partial charge in [-0.05, 0) is 76.6 Å². The van der Waals surface area contributed by atoms with Gasteiger partial charge in [-0.3, -0.25) is 0 Å². The summed E-state index contributed by atoms with van der Waals surface area (Å²) in [6.07, 6.45) is 9.10. The normalized spacial score (nSPS) is 20.0. The lowest BCUT2D eigenvalue weighted by Gasteiger charge is -2.18. The van der Waals surface area contributed by atoms with Crippen LogP contribution in [-0.2, 0) is 12.8 Å². The van der Waals surface area contributed by atoms with E-state index in [4.69, 9.17) is 0 Å². The molecule has 1 aliphatic heterocycles. The van der Waals surface area contributed by atoms with Gasteiger partial charge in [0.25, 0.3) is 0 Å². The van der Waals surface area contributed by atoms with Crippen LogP contribution in [0.4, 0.5) is 13.6 Å². The number of carbonyl (C=O) groups excluding carboxylic acids is 1. The number of aryl methyl sites for hydroxylation is 2. The van der Waals surface area contributed by atoms with Gasteiger partial charge >= 0.3 is 6.03 Å². The topological polar surface area (TPSA) is 41.1 Å². The Balaban J connectivity index is 1.64. The van der Waals surface area contributed by atoms with Crippen LogP contribution in [0, 0.1) is 18.1 Å². The Morgan fingerprint density at radius 1 is 0.929 bits per heavy atom. The van der Waals surface area contributed by atoms with Gasteiger partial charge in [0.15, 0.2) is 0 Å². The summed E-state index contributed by atoms with van der Waals surface area (Å²) in [6.45, 7) is 0. The molecule has 0 aromatic heterocycles. The van der Waals surface area contributed by atoms with Gasteiger partial charge in [-0.15, -0.1) is 0 Å². The number of hydrogen-bond donors (Lipinski definition) is 2. The maximum Gasteiger partial charge on any atom is 0.319 e. The Bertz CT molecular complexity index is 1040. The molecule has 0 saturated carbocycles. The van der Waals surface area contributed by atoms with E-state index < -0.39 is 0 Å². The van der Waals surface area contributed by atoms with Crippen LogP contribution in [0.3, 0.4) is 0 Å². The van der Waals surface area contributed by atoms with Crippen LogP contribution < -0.4 is 10.6 Å². The lowest BCUT2D eigenvalue weighted by molar-refractivity contribution is 0.248. The van der Waals surface area contributed by atoms with Crippen LogP contribution in [0.1, 0.15) is 22.3 Å². The number of hydrogen-bond acceptors (Lipinski definition) is 1.